The Morgan fingerprint density at radius 2 is 1.63 bits per heavy atom. The molecule has 0 amide bonds. The molecule has 3 aromatic carbocycles. The second-order valence-electron chi connectivity index (χ2n) is 6.13. The number of hydrogen-bond acceptors (Lipinski definition) is 3. The molecule has 0 atom stereocenters. The number of hydrogen-bond donors (Lipinski definition) is 0. The summed E-state index contributed by atoms with van der Waals surface area (Å²) in [4.78, 5) is 12.7. The topological polar surface area (TPSA) is 39.4 Å². The predicted molar refractivity (Wildman–Crippen MR) is 109 cm³/mol. The van der Waals surface area contributed by atoms with Gasteiger partial charge in [-0.1, -0.05) is 66.7 Å². The van der Waals surface area contributed by atoms with Gasteiger partial charge in [0.1, 0.15) is 24.2 Å². The van der Waals surface area contributed by atoms with Gasteiger partial charge in [0.05, 0.1) is 10.9 Å². The minimum atomic E-state index is -0.0435. The molecule has 1 heterocycles. The summed E-state index contributed by atoms with van der Waals surface area (Å²) >= 11 is 0. The van der Waals surface area contributed by atoms with Gasteiger partial charge in [-0.05, 0) is 29.3 Å². The van der Waals surface area contributed by atoms with Crippen molar-refractivity contribution in [2.75, 3.05) is 6.61 Å². The van der Waals surface area contributed by atoms with E-state index >= 15 is 0 Å². The van der Waals surface area contributed by atoms with Crippen LogP contribution in [0.25, 0.3) is 28.2 Å². The third-order valence-corrected chi connectivity index (χ3v) is 4.29. The van der Waals surface area contributed by atoms with E-state index in [1.54, 1.807) is 18.2 Å². The van der Waals surface area contributed by atoms with Crippen LogP contribution in [0.5, 0.6) is 5.75 Å². The van der Waals surface area contributed by atoms with E-state index < -0.39 is 0 Å². The van der Waals surface area contributed by atoms with Gasteiger partial charge in [0.2, 0.25) is 0 Å². The maximum Gasteiger partial charge on any atom is 0.200 e. The Labute approximate surface area is 157 Å². The number of benzene rings is 3. The van der Waals surface area contributed by atoms with Gasteiger partial charge in [0.25, 0.3) is 0 Å². The zero-order chi connectivity index (χ0) is 18.5. The summed E-state index contributed by atoms with van der Waals surface area (Å²) in [6, 6.07) is 24.9. The Balaban J connectivity index is 1.53. The van der Waals surface area contributed by atoms with Crippen molar-refractivity contribution < 1.29 is 9.15 Å². The highest BCUT2D eigenvalue weighted by Gasteiger charge is 2.09. The van der Waals surface area contributed by atoms with Crippen molar-refractivity contribution in [3.63, 3.8) is 0 Å². The molecule has 0 unspecified atom stereocenters. The van der Waals surface area contributed by atoms with Gasteiger partial charge < -0.3 is 9.15 Å². The molecule has 0 N–H and O–H groups in total. The second-order valence-corrected chi connectivity index (χ2v) is 6.13. The largest absolute Gasteiger partial charge is 0.489 e. The van der Waals surface area contributed by atoms with Gasteiger partial charge in [-0.2, -0.15) is 0 Å². The van der Waals surface area contributed by atoms with Crippen LogP contribution >= 0.6 is 0 Å². The summed E-state index contributed by atoms with van der Waals surface area (Å²) in [5, 5.41) is 0.545. The lowest BCUT2D eigenvalue weighted by atomic mass is 10.1. The van der Waals surface area contributed by atoms with Crippen molar-refractivity contribution in [3.8, 4) is 16.9 Å². The normalized spacial score (nSPS) is 11.1. The van der Waals surface area contributed by atoms with Crippen LogP contribution in [0, 0.1) is 0 Å². The molecule has 0 aliphatic carbocycles. The van der Waals surface area contributed by atoms with E-state index in [0.29, 0.717) is 28.9 Å². The monoisotopic (exact) mass is 354 g/mol. The van der Waals surface area contributed by atoms with Gasteiger partial charge in [-0.3, -0.25) is 4.79 Å². The number of fused-ring (bicyclic) bond motifs is 1. The Hall–Kier alpha value is -3.59. The van der Waals surface area contributed by atoms with Crippen molar-refractivity contribution in [1.82, 2.24) is 0 Å². The van der Waals surface area contributed by atoms with Crippen molar-refractivity contribution in [2.24, 2.45) is 0 Å². The molecule has 4 aromatic rings. The highest BCUT2D eigenvalue weighted by atomic mass is 16.5. The maximum absolute atomic E-state index is 12.7. The lowest BCUT2D eigenvalue weighted by molar-refractivity contribution is 0.363. The molecule has 4 rings (SSSR count). The van der Waals surface area contributed by atoms with Crippen LogP contribution in [0.3, 0.4) is 0 Å². The van der Waals surface area contributed by atoms with Gasteiger partial charge >= 0.3 is 0 Å². The lowest BCUT2D eigenvalue weighted by Crippen LogP contribution is -2.05. The molecular formula is C24H18O3. The minimum absolute atomic E-state index is 0.0435. The van der Waals surface area contributed by atoms with E-state index in [1.165, 1.54) is 6.26 Å². The second kappa shape index (κ2) is 7.75. The summed E-state index contributed by atoms with van der Waals surface area (Å²) in [5.74, 6) is 0.663. The molecule has 0 aliphatic heterocycles. The van der Waals surface area contributed by atoms with Crippen LogP contribution in [0.2, 0.25) is 0 Å². The Morgan fingerprint density at radius 3 is 2.41 bits per heavy atom. The van der Waals surface area contributed by atoms with Crippen LogP contribution in [0.1, 0.15) is 5.56 Å². The molecule has 1 aromatic heterocycles. The molecule has 27 heavy (non-hydrogen) atoms. The maximum atomic E-state index is 12.7. The zero-order valence-electron chi connectivity index (χ0n) is 14.7. The van der Waals surface area contributed by atoms with E-state index in [0.717, 1.165) is 11.1 Å². The molecule has 3 heteroatoms. The van der Waals surface area contributed by atoms with Gasteiger partial charge in [-0.15, -0.1) is 0 Å². The first kappa shape index (κ1) is 16.9. The Kier molecular flexibility index (Phi) is 4.84. The van der Waals surface area contributed by atoms with Crippen molar-refractivity contribution >= 4 is 17.0 Å². The molecule has 0 spiro atoms. The van der Waals surface area contributed by atoms with Crippen molar-refractivity contribution in [2.45, 2.75) is 0 Å². The fourth-order valence-corrected chi connectivity index (χ4v) is 2.91. The van der Waals surface area contributed by atoms with Crippen molar-refractivity contribution in [3.05, 3.63) is 107 Å². The summed E-state index contributed by atoms with van der Waals surface area (Å²) in [7, 11) is 0. The van der Waals surface area contributed by atoms with Gasteiger partial charge in [0, 0.05) is 6.07 Å². The molecule has 132 valence electrons. The van der Waals surface area contributed by atoms with Gasteiger partial charge in [-0.25, -0.2) is 0 Å². The number of rotatable bonds is 5. The number of ether oxygens (including phenoxy) is 1. The SMILES string of the molecule is O=c1c(-c2ccccc2)coc2cc(OCC=Cc3ccccc3)ccc12. The minimum Gasteiger partial charge on any atom is -0.489 e. The fraction of sp³-hybridized carbons (Fsp3) is 0.0417. The Bertz CT molecular complexity index is 1130. The van der Waals surface area contributed by atoms with Gasteiger partial charge in [0.15, 0.2) is 5.43 Å². The molecule has 0 radical (unpaired) electrons. The van der Waals surface area contributed by atoms with Crippen LogP contribution in [-0.4, -0.2) is 6.61 Å². The lowest BCUT2D eigenvalue weighted by Gasteiger charge is -2.06. The highest BCUT2D eigenvalue weighted by molar-refractivity contribution is 5.82. The van der Waals surface area contributed by atoms with Crippen LogP contribution in [0.4, 0.5) is 0 Å². The molecule has 3 nitrogen and oxygen atoms in total. The molecule has 0 aliphatic rings. The highest BCUT2D eigenvalue weighted by Crippen LogP contribution is 2.23. The van der Waals surface area contributed by atoms with E-state index in [-0.39, 0.29) is 5.43 Å². The molecular weight excluding hydrogens is 336 g/mol. The standard InChI is InChI=1S/C24H18O3/c25-24-21-14-13-20(26-15-7-10-18-8-3-1-4-9-18)16-23(21)27-17-22(24)19-11-5-2-6-12-19/h1-14,16-17H,15H2. The van der Waals surface area contributed by atoms with Crippen LogP contribution < -0.4 is 10.2 Å². The van der Waals surface area contributed by atoms with Crippen LogP contribution in [0.15, 0.2) is 100 Å². The molecule has 0 saturated heterocycles. The first-order valence-electron chi connectivity index (χ1n) is 8.77. The van der Waals surface area contributed by atoms with E-state index in [1.807, 2.05) is 72.8 Å². The molecule has 0 saturated carbocycles. The molecule has 0 fully saturated rings. The zero-order valence-corrected chi connectivity index (χ0v) is 14.7. The average molecular weight is 354 g/mol. The fourth-order valence-electron chi connectivity index (χ4n) is 2.91. The first-order chi connectivity index (χ1) is 13.3. The van der Waals surface area contributed by atoms with Crippen LogP contribution in [-0.2, 0) is 0 Å². The third-order valence-electron chi connectivity index (χ3n) is 4.29. The third kappa shape index (κ3) is 3.82. The molecule has 0 bridgehead atoms. The quantitative estimate of drug-likeness (QED) is 0.471. The summed E-state index contributed by atoms with van der Waals surface area (Å²) in [6.07, 6.45) is 5.47. The summed E-state index contributed by atoms with van der Waals surface area (Å²) < 4.78 is 11.4. The summed E-state index contributed by atoms with van der Waals surface area (Å²) in [6.45, 7) is 0.437. The smallest absolute Gasteiger partial charge is 0.200 e. The summed E-state index contributed by atoms with van der Waals surface area (Å²) in [5.41, 5.74) is 3.00. The Morgan fingerprint density at radius 1 is 0.889 bits per heavy atom. The predicted octanol–water partition coefficient (Wildman–Crippen LogP) is 5.55. The van der Waals surface area contributed by atoms with E-state index in [4.69, 9.17) is 9.15 Å². The van der Waals surface area contributed by atoms with E-state index in [2.05, 4.69) is 0 Å². The average Bonchev–Trinajstić information content (AvgIpc) is 2.73. The van der Waals surface area contributed by atoms with E-state index in [9.17, 15) is 4.79 Å². The first-order valence-corrected chi connectivity index (χ1v) is 8.77. The van der Waals surface area contributed by atoms with Crippen molar-refractivity contribution in [1.29, 1.82) is 0 Å².